The third-order valence-corrected chi connectivity index (χ3v) is 7.79. The minimum absolute atomic E-state index is 0.116. The van der Waals surface area contributed by atoms with Crippen molar-refractivity contribution in [3.05, 3.63) is 35.5 Å². The number of hydrogen-bond acceptors (Lipinski definition) is 2. The molecule has 0 atom stereocenters. The molecule has 4 nitrogen and oxygen atoms in total. The number of unbranched alkanes of at least 4 members (excludes halogenated alkanes) is 7. The first kappa shape index (κ1) is 21.4. The first-order valence-electron chi connectivity index (χ1n) is 11.2. The van der Waals surface area contributed by atoms with Crippen LogP contribution in [-0.2, 0) is 22.2 Å². The van der Waals surface area contributed by atoms with Gasteiger partial charge < -0.3 is 4.98 Å². The lowest BCUT2D eigenvalue weighted by atomic mass is 10.0. The van der Waals surface area contributed by atoms with Crippen molar-refractivity contribution in [3.8, 4) is 0 Å². The Labute approximate surface area is 170 Å². The summed E-state index contributed by atoms with van der Waals surface area (Å²) in [5.41, 5.74) is 3.33. The van der Waals surface area contributed by atoms with E-state index in [2.05, 4.69) is 24.2 Å². The number of aryl methyl sites for hydroxylation is 1. The Morgan fingerprint density at radius 1 is 0.964 bits per heavy atom. The molecule has 1 aliphatic heterocycles. The Balaban J connectivity index is 1.53. The molecule has 156 valence electrons. The van der Waals surface area contributed by atoms with Gasteiger partial charge in [0.25, 0.3) is 0 Å². The van der Waals surface area contributed by atoms with Crippen molar-refractivity contribution >= 4 is 20.9 Å². The van der Waals surface area contributed by atoms with Gasteiger partial charge >= 0.3 is 0 Å². The van der Waals surface area contributed by atoms with E-state index in [0.29, 0.717) is 13.1 Å². The molecule has 0 aliphatic carbocycles. The van der Waals surface area contributed by atoms with Crippen LogP contribution in [0.1, 0.15) is 82.3 Å². The molecule has 0 saturated carbocycles. The van der Waals surface area contributed by atoms with Crippen LogP contribution in [-0.4, -0.2) is 30.8 Å². The van der Waals surface area contributed by atoms with Crippen molar-refractivity contribution in [3.63, 3.8) is 0 Å². The Hall–Kier alpha value is -1.33. The van der Waals surface area contributed by atoms with Gasteiger partial charge in [-0.05, 0) is 48.9 Å². The van der Waals surface area contributed by atoms with E-state index in [-0.39, 0.29) is 5.75 Å². The van der Waals surface area contributed by atoms with Gasteiger partial charge in [0, 0.05) is 30.2 Å². The summed E-state index contributed by atoms with van der Waals surface area (Å²) in [5.74, 6) is 0.116. The minimum atomic E-state index is -3.19. The van der Waals surface area contributed by atoms with Crippen LogP contribution in [0.4, 0.5) is 0 Å². The third-order valence-electron chi connectivity index (χ3n) is 5.94. The first-order valence-corrected chi connectivity index (χ1v) is 12.8. The van der Waals surface area contributed by atoms with Crippen LogP contribution < -0.4 is 0 Å². The second-order valence-electron chi connectivity index (χ2n) is 8.28. The number of rotatable bonds is 12. The molecule has 28 heavy (non-hydrogen) atoms. The van der Waals surface area contributed by atoms with Crippen LogP contribution in [0.3, 0.4) is 0 Å². The average molecular weight is 405 g/mol. The highest BCUT2D eigenvalue weighted by molar-refractivity contribution is 7.88. The lowest BCUT2D eigenvalue weighted by molar-refractivity contribution is 0.476. The van der Waals surface area contributed by atoms with Gasteiger partial charge in [0.1, 0.15) is 0 Å². The van der Waals surface area contributed by atoms with Gasteiger partial charge in [-0.25, -0.2) is 12.7 Å². The van der Waals surface area contributed by atoms with E-state index in [1.807, 2.05) is 12.1 Å². The Morgan fingerprint density at radius 3 is 2.36 bits per heavy atom. The predicted molar refractivity (Wildman–Crippen MR) is 118 cm³/mol. The van der Waals surface area contributed by atoms with Crippen molar-refractivity contribution in [1.82, 2.24) is 9.29 Å². The zero-order valence-electron chi connectivity index (χ0n) is 17.4. The van der Waals surface area contributed by atoms with Gasteiger partial charge in [-0.1, -0.05) is 57.9 Å². The number of aromatic nitrogens is 1. The number of nitrogens with zero attached hydrogens (tertiary/aromatic N) is 1. The van der Waals surface area contributed by atoms with E-state index in [1.165, 1.54) is 62.3 Å². The summed E-state index contributed by atoms with van der Waals surface area (Å²) in [6.45, 7) is 3.62. The highest BCUT2D eigenvalue weighted by atomic mass is 32.2. The van der Waals surface area contributed by atoms with Crippen molar-refractivity contribution in [1.29, 1.82) is 0 Å². The molecule has 1 fully saturated rings. The number of sulfonamides is 1. The van der Waals surface area contributed by atoms with E-state index in [9.17, 15) is 8.42 Å². The van der Waals surface area contributed by atoms with Crippen molar-refractivity contribution < 1.29 is 8.42 Å². The first-order chi connectivity index (χ1) is 13.6. The molecule has 0 amide bonds. The Kier molecular flexibility index (Phi) is 7.98. The molecule has 1 aliphatic rings. The molecule has 0 bridgehead atoms. The number of hydrogen-bond donors (Lipinski definition) is 1. The summed E-state index contributed by atoms with van der Waals surface area (Å²) in [6, 6.07) is 6.06. The fourth-order valence-electron chi connectivity index (χ4n) is 4.24. The van der Waals surface area contributed by atoms with E-state index in [1.54, 1.807) is 4.31 Å². The Morgan fingerprint density at radius 2 is 1.64 bits per heavy atom. The molecule has 0 spiro atoms. The second kappa shape index (κ2) is 10.4. The maximum Gasteiger partial charge on any atom is 0.218 e. The largest absolute Gasteiger partial charge is 0.361 e. The van der Waals surface area contributed by atoms with Crippen molar-refractivity contribution in [2.75, 3.05) is 13.1 Å². The maximum atomic E-state index is 12.6. The van der Waals surface area contributed by atoms with Gasteiger partial charge in [-0.3, -0.25) is 0 Å². The standard InChI is InChI=1S/C23H36N2O2S/c1-2-3-4-5-6-7-8-9-12-21-18-24-23-14-13-20(17-22(21)23)19-28(26,27)25-15-10-11-16-25/h13-14,17-18,24H,2-12,15-16,19H2,1H3. The summed E-state index contributed by atoms with van der Waals surface area (Å²) < 4.78 is 26.9. The molecular formula is C23H36N2O2S. The van der Waals surface area contributed by atoms with E-state index < -0.39 is 10.0 Å². The smallest absolute Gasteiger partial charge is 0.218 e. The molecule has 2 aromatic rings. The number of H-pyrrole nitrogens is 1. The lowest BCUT2D eigenvalue weighted by Crippen LogP contribution is -2.29. The van der Waals surface area contributed by atoms with Crippen LogP contribution in [0, 0.1) is 0 Å². The molecule has 2 heterocycles. The maximum absolute atomic E-state index is 12.6. The molecule has 1 aromatic carbocycles. The molecular weight excluding hydrogens is 368 g/mol. The number of fused-ring (bicyclic) bond motifs is 1. The molecule has 1 saturated heterocycles. The highest BCUT2D eigenvalue weighted by Gasteiger charge is 2.25. The molecule has 1 N–H and O–H groups in total. The number of nitrogens with one attached hydrogen (secondary N) is 1. The minimum Gasteiger partial charge on any atom is -0.361 e. The second-order valence-corrected chi connectivity index (χ2v) is 10.3. The fourth-order valence-corrected chi connectivity index (χ4v) is 5.84. The molecule has 1 aromatic heterocycles. The molecule has 0 radical (unpaired) electrons. The lowest BCUT2D eigenvalue weighted by Gasteiger charge is -2.15. The quantitative estimate of drug-likeness (QED) is 0.456. The van der Waals surface area contributed by atoms with Crippen LogP contribution >= 0.6 is 0 Å². The predicted octanol–water partition coefficient (Wildman–Crippen LogP) is 5.78. The van der Waals surface area contributed by atoms with E-state index in [4.69, 9.17) is 0 Å². The highest BCUT2D eigenvalue weighted by Crippen LogP contribution is 2.24. The van der Waals surface area contributed by atoms with E-state index >= 15 is 0 Å². The van der Waals surface area contributed by atoms with Crippen LogP contribution in [0.5, 0.6) is 0 Å². The van der Waals surface area contributed by atoms with Gasteiger partial charge in [0.15, 0.2) is 0 Å². The van der Waals surface area contributed by atoms with Gasteiger partial charge in [0.2, 0.25) is 10.0 Å². The molecule has 0 unspecified atom stereocenters. The summed E-state index contributed by atoms with van der Waals surface area (Å²) in [7, 11) is -3.19. The summed E-state index contributed by atoms with van der Waals surface area (Å²) in [4.78, 5) is 3.35. The van der Waals surface area contributed by atoms with Gasteiger partial charge in [-0.15, -0.1) is 0 Å². The third kappa shape index (κ3) is 5.84. The number of aromatic amines is 1. The molecule has 3 rings (SSSR count). The summed E-state index contributed by atoms with van der Waals surface area (Å²) in [6.07, 6.45) is 15.7. The summed E-state index contributed by atoms with van der Waals surface area (Å²) >= 11 is 0. The van der Waals surface area contributed by atoms with Crippen molar-refractivity contribution in [2.24, 2.45) is 0 Å². The average Bonchev–Trinajstić information content (AvgIpc) is 3.34. The van der Waals surface area contributed by atoms with Gasteiger partial charge in [0.05, 0.1) is 5.75 Å². The summed E-state index contributed by atoms with van der Waals surface area (Å²) in [5, 5.41) is 1.19. The number of benzene rings is 1. The van der Waals surface area contributed by atoms with E-state index in [0.717, 1.165) is 30.3 Å². The Bertz CT molecular complexity index is 835. The van der Waals surface area contributed by atoms with Crippen molar-refractivity contribution in [2.45, 2.75) is 83.3 Å². The molecule has 5 heteroatoms. The van der Waals surface area contributed by atoms with Crippen LogP contribution in [0.2, 0.25) is 0 Å². The monoisotopic (exact) mass is 404 g/mol. The SMILES string of the molecule is CCCCCCCCCCc1c[nH]c2ccc(CS(=O)(=O)N3CCCC3)cc12. The topological polar surface area (TPSA) is 53.2 Å². The van der Waals surface area contributed by atoms with Crippen LogP contribution in [0.15, 0.2) is 24.4 Å². The zero-order chi connectivity index (χ0) is 19.8. The fraction of sp³-hybridized carbons (Fsp3) is 0.652. The van der Waals surface area contributed by atoms with Gasteiger partial charge in [-0.2, -0.15) is 0 Å². The zero-order valence-corrected chi connectivity index (χ0v) is 18.2. The van der Waals surface area contributed by atoms with Crippen LogP contribution in [0.25, 0.3) is 10.9 Å². The normalized spacial score (nSPS) is 15.6.